The molecule has 1 unspecified atom stereocenters. The third kappa shape index (κ3) is 4.14. The van der Waals surface area contributed by atoms with Gasteiger partial charge in [0.15, 0.2) is 6.30 Å². The zero-order valence-electron chi connectivity index (χ0n) is 14.1. The summed E-state index contributed by atoms with van der Waals surface area (Å²) in [6.45, 7) is 1.27. The molecule has 0 heterocycles. The van der Waals surface area contributed by atoms with Gasteiger partial charge >= 0.3 is 6.18 Å². The van der Waals surface area contributed by atoms with Crippen LogP contribution in [0.5, 0.6) is 0 Å². The van der Waals surface area contributed by atoms with Crippen molar-refractivity contribution in [3.05, 3.63) is 72.8 Å². The number of nitro benzene ring substituents is 2. The van der Waals surface area contributed by atoms with Gasteiger partial charge in [-0.15, -0.1) is 0 Å². The molecule has 0 spiro atoms. The van der Waals surface area contributed by atoms with Crippen molar-refractivity contribution in [3.8, 4) is 0 Å². The summed E-state index contributed by atoms with van der Waals surface area (Å²) < 4.78 is 54.6. The maximum Gasteiger partial charge on any atom is 0.429 e. The molecule has 0 aliphatic rings. The molecule has 2 rings (SSSR count). The number of nitrogens with zero attached hydrogens (tertiary/aromatic N) is 3. The second-order valence-electron chi connectivity index (χ2n) is 5.51. The summed E-state index contributed by atoms with van der Waals surface area (Å²) in [5.74, 6) is 0. The molecule has 0 fully saturated rings. The maximum absolute atomic E-state index is 15.0. The van der Waals surface area contributed by atoms with Crippen molar-refractivity contribution in [3.63, 3.8) is 0 Å². The summed E-state index contributed by atoms with van der Waals surface area (Å²) in [5, 5.41) is 22.3. The molecule has 0 radical (unpaired) electrons. The molecular formula is C16H12ClF4N3O4. The fraction of sp³-hybridized carbons (Fsp3) is 0.250. The molecule has 0 aromatic heterocycles. The Morgan fingerprint density at radius 1 is 1.11 bits per heavy atom. The number of hydrogen-bond donors (Lipinski definition) is 0. The van der Waals surface area contributed by atoms with Crippen LogP contribution in [0.15, 0.2) is 36.4 Å². The van der Waals surface area contributed by atoms with E-state index in [1.165, 1.54) is 31.2 Å². The first-order valence-corrected chi connectivity index (χ1v) is 8.06. The minimum Gasteiger partial charge on any atom is -0.338 e. The third-order valence-corrected chi connectivity index (χ3v) is 4.21. The van der Waals surface area contributed by atoms with Crippen molar-refractivity contribution >= 4 is 28.7 Å². The van der Waals surface area contributed by atoms with Gasteiger partial charge in [0.25, 0.3) is 11.4 Å². The standard InChI is InChI=1S/C16H12ClF4N3O4/c1-2-22(15(18)10-5-3-4-6-11(10)17)9-7-12(23(25)26)14(16(19,20)21)13(8-9)24(27)28/h3-8,15H,2H2,1H3. The van der Waals surface area contributed by atoms with Crippen molar-refractivity contribution in [1.82, 2.24) is 0 Å². The molecule has 0 amide bonds. The van der Waals surface area contributed by atoms with Crippen LogP contribution in [0.25, 0.3) is 0 Å². The Hall–Kier alpha value is -2.95. The Bertz CT molecular complexity index is 888. The molecule has 0 bridgehead atoms. The van der Waals surface area contributed by atoms with Crippen LogP contribution in [0.4, 0.5) is 34.6 Å². The van der Waals surface area contributed by atoms with E-state index in [-0.39, 0.29) is 17.1 Å². The van der Waals surface area contributed by atoms with Crippen molar-refractivity contribution in [1.29, 1.82) is 0 Å². The smallest absolute Gasteiger partial charge is 0.338 e. The molecule has 2 aromatic rings. The topological polar surface area (TPSA) is 89.5 Å². The maximum atomic E-state index is 15.0. The molecular weight excluding hydrogens is 410 g/mol. The van der Waals surface area contributed by atoms with E-state index < -0.39 is 44.9 Å². The van der Waals surface area contributed by atoms with Gasteiger partial charge in [-0.2, -0.15) is 13.2 Å². The van der Waals surface area contributed by atoms with Crippen LogP contribution < -0.4 is 4.90 Å². The van der Waals surface area contributed by atoms with E-state index in [1.807, 2.05) is 0 Å². The van der Waals surface area contributed by atoms with Crippen LogP contribution in [-0.4, -0.2) is 16.4 Å². The summed E-state index contributed by atoms with van der Waals surface area (Å²) in [6.07, 6.45) is -7.35. The van der Waals surface area contributed by atoms with Gasteiger partial charge in [0.1, 0.15) is 0 Å². The van der Waals surface area contributed by atoms with E-state index in [0.717, 1.165) is 4.90 Å². The molecule has 0 aliphatic carbocycles. The largest absolute Gasteiger partial charge is 0.429 e. The summed E-state index contributed by atoms with van der Waals surface area (Å²) in [4.78, 5) is 20.3. The second kappa shape index (κ2) is 7.97. The minimum absolute atomic E-state index is 0.0179. The number of alkyl halides is 4. The zero-order valence-corrected chi connectivity index (χ0v) is 14.9. The van der Waals surface area contributed by atoms with Crippen LogP contribution in [0.2, 0.25) is 5.02 Å². The van der Waals surface area contributed by atoms with E-state index in [9.17, 15) is 33.4 Å². The number of nitro groups is 2. The lowest BCUT2D eigenvalue weighted by atomic mass is 10.1. The van der Waals surface area contributed by atoms with E-state index in [2.05, 4.69) is 0 Å². The quantitative estimate of drug-likeness (QED) is 0.259. The normalized spacial score (nSPS) is 12.5. The highest BCUT2D eigenvalue weighted by atomic mass is 35.5. The fourth-order valence-electron chi connectivity index (χ4n) is 2.65. The molecule has 28 heavy (non-hydrogen) atoms. The lowest BCUT2D eigenvalue weighted by molar-refractivity contribution is -0.399. The lowest BCUT2D eigenvalue weighted by Crippen LogP contribution is -2.26. The van der Waals surface area contributed by atoms with Crippen LogP contribution in [0.1, 0.15) is 24.3 Å². The monoisotopic (exact) mass is 421 g/mol. The van der Waals surface area contributed by atoms with Gasteiger partial charge in [-0.25, -0.2) is 4.39 Å². The van der Waals surface area contributed by atoms with Crippen LogP contribution >= 0.6 is 11.6 Å². The molecule has 12 heteroatoms. The molecule has 1 atom stereocenters. The minimum atomic E-state index is -5.35. The Morgan fingerprint density at radius 3 is 2.00 bits per heavy atom. The Morgan fingerprint density at radius 2 is 1.61 bits per heavy atom. The Balaban J connectivity index is 2.71. The average Bonchev–Trinajstić information content (AvgIpc) is 2.60. The van der Waals surface area contributed by atoms with Gasteiger partial charge in [0.05, 0.1) is 15.5 Å². The SMILES string of the molecule is CCN(c1cc([N+](=O)[O-])c(C(F)(F)F)c([N+](=O)[O-])c1)C(F)c1ccccc1Cl. The van der Waals surface area contributed by atoms with E-state index in [1.54, 1.807) is 0 Å². The van der Waals surface area contributed by atoms with E-state index in [0.29, 0.717) is 12.1 Å². The third-order valence-electron chi connectivity index (χ3n) is 3.87. The highest BCUT2D eigenvalue weighted by molar-refractivity contribution is 6.31. The lowest BCUT2D eigenvalue weighted by Gasteiger charge is -2.28. The van der Waals surface area contributed by atoms with Crippen LogP contribution in [-0.2, 0) is 6.18 Å². The number of benzene rings is 2. The number of hydrogen-bond acceptors (Lipinski definition) is 5. The molecule has 0 saturated heterocycles. The highest BCUT2D eigenvalue weighted by Gasteiger charge is 2.46. The summed E-state index contributed by atoms with van der Waals surface area (Å²) in [5.41, 5.74) is -5.59. The molecule has 2 aromatic carbocycles. The van der Waals surface area contributed by atoms with Gasteiger partial charge in [-0.3, -0.25) is 20.2 Å². The summed E-state index contributed by atoms with van der Waals surface area (Å²) in [6, 6.07) is 6.63. The summed E-state index contributed by atoms with van der Waals surface area (Å²) >= 11 is 5.92. The van der Waals surface area contributed by atoms with Crippen molar-refractivity contribution in [2.45, 2.75) is 19.4 Å². The molecule has 7 nitrogen and oxygen atoms in total. The average molecular weight is 422 g/mol. The predicted octanol–water partition coefficient (Wildman–Crippen LogP) is 5.67. The molecule has 0 N–H and O–H groups in total. The highest BCUT2D eigenvalue weighted by Crippen LogP contribution is 2.45. The van der Waals surface area contributed by atoms with Gasteiger partial charge in [0.2, 0.25) is 5.56 Å². The number of halogens is 5. The van der Waals surface area contributed by atoms with Crippen molar-refractivity contribution in [2.24, 2.45) is 0 Å². The predicted molar refractivity (Wildman–Crippen MR) is 93.1 cm³/mol. The van der Waals surface area contributed by atoms with Crippen LogP contribution in [0, 0.1) is 20.2 Å². The Kier molecular flexibility index (Phi) is 6.07. The van der Waals surface area contributed by atoms with Crippen molar-refractivity contribution in [2.75, 3.05) is 11.4 Å². The first-order chi connectivity index (χ1) is 13.0. The van der Waals surface area contributed by atoms with Crippen LogP contribution in [0.3, 0.4) is 0 Å². The van der Waals surface area contributed by atoms with Gasteiger partial charge < -0.3 is 4.90 Å². The van der Waals surface area contributed by atoms with E-state index in [4.69, 9.17) is 11.6 Å². The van der Waals surface area contributed by atoms with Gasteiger partial charge in [-0.05, 0) is 13.0 Å². The summed E-state index contributed by atoms with van der Waals surface area (Å²) in [7, 11) is 0. The van der Waals surface area contributed by atoms with Gasteiger partial charge in [-0.1, -0.05) is 29.8 Å². The number of anilines is 1. The first kappa shape index (κ1) is 21.4. The molecule has 0 aliphatic heterocycles. The Labute approximate surface area is 160 Å². The second-order valence-corrected chi connectivity index (χ2v) is 5.92. The van der Waals surface area contributed by atoms with E-state index >= 15 is 4.39 Å². The number of rotatable bonds is 6. The molecule has 0 saturated carbocycles. The van der Waals surface area contributed by atoms with Gasteiger partial charge in [0, 0.05) is 29.3 Å². The van der Waals surface area contributed by atoms with Crippen molar-refractivity contribution < 1.29 is 27.4 Å². The zero-order chi connectivity index (χ0) is 21.2. The molecule has 150 valence electrons. The first-order valence-electron chi connectivity index (χ1n) is 7.68. The fourth-order valence-corrected chi connectivity index (χ4v) is 2.88.